The Hall–Kier alpha value is -1.32. The SMILES string of the molecule is CCCNCc1cccc(SCc2cncc(C)c2)c1. The highest BCUT2D eigenvalue weighted by molar-refractivity contribution is 7.98. The number of rotatable bonds is 7. The zero-order chi connectivity index (χ0) is 14.2. The fourth-order valence-corrected chi connectivity index (χ4v) is 2.92. The summed E-state index contributed by atoms with van der Waals surface area (Å²) in [5.74, 6) is 0.973. The molecule has 1 aromatic carbocycles. The van der Waals surface area contributed by atoms with Gasteiger partial charge >= 0.3 is 0 Å². The van der Waals surface area contributed by atoms with E-state index in [1.165, 1.54) is 28.0 Å². The van der Waals surface area contributed by atoms with Crippen molar-refractivity contribution >= 4 is 11.8 Å². The molecule has 0 aliphatic rings. The van der Waals surface area contributed by atoms with E-state index in [4.69, 9.17) is 0 Å². The molecule has 0 spiro atoms. The summed E-state index contributed by atoms with van der Waals surface area (Å²) >= 11 is 1.87. The van der Waals surface area contributed by atoms with Gasteiger partial charge in [-0.05, 0) is 48.7 Å². The second-order valence-electron chi connectivity index (χ2n) is 4.98. The summed E-state index contributed by atoms with van der Waals surface area (Å²) < 4.78 is 0. The number of aryl methyl sites for hydroxylation is 1. The maximum Gasteiger partial charge on any atom is 0.0308 e. The first-order valence-electron chi connectivity index (χ1n) is 7.11. The van der Waals surface area contributed by atoms with E-state index >= 15 is 0 Å². The lowest BCUT2D eigenvalue weighted by Crippen LogP contribution is -2.13. The summed E-state index contributed by atoms with van der Waals surface area (Å²) in [5.41, 5.74) is 3.86. The van der Waals surface area contributed by atoms with Crippen LogP contribution in [0.25, 0.3) is 0 Å². The van der Waals surface area contributed by atoms with Crippen LogP contribution in [0.2, 0.25) is 0 Å². The van der Waals surface area contributed by atoms with Crippen LogP contribution in [0, 0.1) is 6.92 Å². The van der Waals surface area contributed by atoms with E-state index in [1.807, 2.05) is 24.2 Å². The Morgan fingerprint density at radius 2 is 2.05 bits per heavy atom. The number of nitrogens with one attached hydrogen (secondary N) is 1. The van der Waals surface area contributed by atoms with Crippen LogP contribution in [0.5, 0.6) is 0 Å². The molecule has 0 aliphatic carbocycles. The molecule has 0 saturated heterocycles. The van der Waals surface area contributed by atoms with Crippen LogP contribution < -0.4 is 5.32 Å². The van der Waals surface area contributed by atoms with E-state index in [0.717, 1.165) is 18.8 Å². The lowest BCUT2D eigenvalue weighted by molar-refractivity contribution is 0.674. The highest BCUT2D eigenvalue weighted by atomic mass is 32.2. The van der Waals surface area contributed by atoms with Gasteiger partial charge < -0.3 is 5.32 Å². The van der Waals surface area contributed by atoms with Crippen molar-refractivity contribution in [2.75, 3.05) is 6.54 Å². The van der Waals surface area contributed by atoms with Gasteiger partial charge in [-0.1, -0.05) is 25.1 Å². The predicted octanol–water partition coefficient (Wildman–Crippen LogP) is 4.18. The average molecular weight is 286 g/mol. The van der Waals surface area contributed by atoms with Gasteiger partial charge in [0.1, 0.15) is 0 Å². The summed E-state index contributed by atoms with van der Waals surface area (Å²) in [6.45, 7) is 6.30. The molecule has 0 aliphatic heterocycles. The lowest BCUT2D eigenvalue weighted by atomic mass is 10.2. The summed E-state index contributed by atoms with van der Waals surface area (Å²) in [5, 5.41) is 3.44. The summed E-state index contributed by atoms with van der Waals surface area (Å²) in [6.07, 6.45) is 5.02. The zero-order valence-corrected chi connectivity index (χ0v) is 13.0. The molecule has 0 radical (unpaired) electrons. The topological polar surface area (TPSA) is 24.9 Å². The van der Waals surface area contributed by atoms with Crippen molar-refractivity contribution in [2.24, 2.45) is 0 Å². The maximum absolute atomic E-state index is 4.24. The van der Waals surface area contributed by atoms with Crippen LogP contribution in [-0.4, -0.2) is 11.5 Å². The van der Waals surface area contributed by atoms with E-state index in [-0.39, 0.29) is 0 Å². The third kappa shape index (κ3) is 4.99. The monoisotopic (exact) mass is 286 g/mol. The van der Waals surface area contributed by atoms with Crippen LogP contribution in [0.4, 0.5) is 0 Å². The molecule has 0 atom stereocenters. The molecule has 0 amide bonds. The fourth-order valence-electron chi connectivity index (χ4n) is 2.02. The van der Waals surface area contributed by atoms with Gasteiger partial charge in [0.2, 0.25) is 0 Å². The molecule has 0 fully saturated rings. The van der Waals surface area contributed by atoms with Crippen LogP contribution in [0.1, 0.15) is 30.0 Å². The minimum absolute atomic E-state index is 0.953. The molecule has 0 saturated carbocycles. The second kappa shape index (κ2) is 8.08. The third-order valence-electron chi connectivity index (χ3n) is 2.99. The molecule has 2 nitrogen and oxygen atoms in total. The quantitative estimate of drug-likeness (QED) is 0.610. The van der Waals surface area contributed by atoms with E-state index < -0.39 is 0 Å². The molecular weight excluding hydrogens is 264 g/mol. The highest BCUT2D eigenvalue weighted by Crippen LogP contribution is 2.23. The normalized spacial score (nSPS) is 10.7. The van der Waals surface area contributed by atoms with Crippen molar-refractivity contribution in [3.8, 4) is 0 Å². The molecule has 2 rings (SSSR count). The number of aromatic nitrogens is 1. The Morgan fingerprint density at radius 1 is 1.15 bits per heavy atom. The van der Waals surface area contributed by atoms with Crippen molar-refractivity contribution in [2.45, 2.75) is 37.5 Å². The Balaban J connectivity index is 1.91. The first kappa shape index (κ1) is 15.1. The third-order valence-corrected chi connectivity index (χ3v) is 4.06. The Morgan fingerprint density at radius 3 is 2.85 bits per heavy atom. The summed E-state index contributed by atoms with van der Waals surface area (Å²) in [7, 11) is 0. The average Bonchev–Trinajstić information content (AvgIpc) is 2.46. The molecular formula is C17H22N2S. The van der Waals surface area contributed by atoms with Crippen molar-refractivity contribution in [1.29, 1.82) is 0 Å². The minimum atomic E-state index is 0.953. The van der Waals surface area contributed by atoms with Crippen LogP contribution in [0.15, 0.2) is 47.6 Å². The van der Waals surface area contributed by atoms with E-state index in [2.05, 4.69) is 54.5 Å². The van der Waals surface area contributed by atoms with Gasteiger partial charge in [0.05, 0.1) is 0 Å². The van der Waals surface area contributed by atoms with Gasteiger partial charge in [0, 0.05) is 29.6 Å². The van der Waals surface area contributed by atoms with Crippen LogP contribution >= 0.6 is 11.8 Å². The zero-order valence-electron chi connectivity index (χ0n) is 12.2. The second-order valence-corrected chi connectivity index (χ2v) is 6.03. The standard InChI is InChI=1S/C17H22N2S/c1-3-7-18-11-15-5-4-6-17(9-15)20-13-16-8-14(2)10-19-12-16/h4-6,8-10,12,18H,3,7,11,13H2,1-2H3. The van der Waals surface area contributed by atoms with Crippen LogP contribution in [-0.2, 0) is 12.3 Å². The van der Waals surface area contributed by atoms with Crippen molar-refractivity contribution in [3.05, 3.63) is 59.4 Å². The first-order chi connectivity index (χ1) is 9.78. The Bertz CT molecular complexity index is 540. The van der Waals surface area contributed by atoms with Crippen LogP contribution in [0.3, 0.4) is 0 Å². The number of benzene rings is 1. The lowest BCUT2D eigenvalue weighted by Gasteiger charge is -2.07. The molecule has 1 N–H and O–H groups in total. The Labute approximate surface area is 126 Å². The number of pyridine rings is 1. The van der Waals surface area contributed by atoms with Crippen molar-refractivity contribution in [1.82, 2.24) is 10.3 Å². The molecule has 106 valence electrons. The number of hydrogen-bond acceptors (Lipinski definition) is 3. The van der Waals surface area contributed by atoms with E-state index in [9.17, 15) is 0 Å². The number of nitrogens with zero attached hydrogens (tertiary/aromatic N) is 1. The van der Waals surface area contributed by atoms with Crippen molar-refractivity contribution in [3.63, 3.8) is 0 Å². The summed E-state index contributed by atoms with van der Waals surface area (Å²) in [6, 6.07) is 11.0. The maximum atomic E-state index is 4.24. The molecule has 20 heavy (non-hydrogen) atoms. The van der Waals surface area contributed by atoms with E-state index in [1.54, 1.807) is 0 Å². The Kier molecular flexibility index (Phi) is 6.09. The molecule has 1 aromatic heterocycles. The highest BCUT2D eigenvalue weighted by Gasteiger charge is 1.99. The van der Waals surface area contributed by atoms with Gasteiger partial charge in [-0.3, -0.25) is 4.98 Å². The van der Waals surface area contributed by atoms with Gasteiger partial charge in [0.15, 0.2) is 0 Å². The minimum Gasteiger partial charge on any atom is -0.313 e. The van der Waals surface area contributed by atoms with Crippen molar-refractivity contribution < 1.29 is 0 Å². The van der Waals surface area contributed by atoms with Gasteiger partial charge in [-0.2, -0.15) is 0 Å². The van der Waals surface area contributed by atoms with Gasteiger partial charge in [-0.15, -0.1) is 11.8 Å². The molecule has 0 unspecified atom stereocenters. The smallest absolute Gasteiger partial charge is 0.0308 e. The molecule has 2 aromatic rings. The largest absolute Gasteiger partial charge is 0.313 e. The number of hydrogen-bond donors (Lipinski definition) is 1. The fraction of sp³-hybridized carbons (Fsp3) is 0.353. The van der Waals surface area contributed by atoms with Gasteiger partial charge in [0.25, 0.3) is 0 Å². The van der Waals surface area contributed by atoms with E-state index in [0.29, 0.717) is 0 Å². The first-order valence-corrected chi connectivity index (χ1v) is 8.09. The summed E-state index contributed by atoms with van der Waals surface area (Å²) in [4.78, 5) is 5.56. The van der Waals surface area contributed by atoms with Gasteiger partial charge in [-0.25, -0.2) is 0 Å². The molecule has 1 heterocycles. The number of thioether (sulfide) groups is 1. The molecule has 3 heteroatoms. The molecule has 0 bridgehead atoms. The predicted molar refractivity (Wildman–Crippen MR) is 87.0 cm³/mol.